The molecule has 0 saturated carbocycles. The van der Waals surface area contributed by atoms with Gasteiger partial charge in [0.15, 0.2) is 5.13 Å². The summed E-state index contributed by atoms with van der Waals surface area (Å²) in [5.74, 6) is 0. The van der Waals surface area contributed by atoms with Crippen molar-refractivity contribution in [1.82, 2.24) is 25.1 Å². The number of fused-ring (bicyclic) bond motifs is 3. The van der Waals surface area contributed by atoms with Crippen molar-refractivity contribution in [3.63, 3.8) is 0 Å². The van der Waals surface area contributed by atoms with Gasteiger partial charge in [-0.1, -0.05) is 12.1 Å². The average Bonchev–Trinajstić information content (AvgIpc) is 3.41. The molecule has 1 aromatic carbocycles. The van der Waals surface area contributed by atoms with Crippen molar-refractivity contribution in [1.29, 1.82) is 0 Å². The third kappa shape index (κ3) is 2.54. The summed E-state index contributed by atoms with van der Waals surface area (Å²) in [4.78, 5) is 7.75. The van der Waals surface area contributed by atoms with Crippen molar-refractivity contribution in [2.24, 2.45) is 0 Å². The Labute approximate surface area is 170 Å². The normalized spacial score (nSPS) is 14.0. The van der Waals surface area contributed by atoms with Crippen molar-refractivity contribution in [2.75, 3.05) is 6.54 Å². The van der Waals surface area contributed by atoms with Crippen LogP contribution in [-0.2, 0) is 13.1 Å². The fourth-order valence-electron chi connectivity index (χ4n) is 4.31. The zero-order chi connectivity index (χ0) is 19.5. The van der Waals surface area contributed by atoms with Crippen molar-refractivity contribution < 1.29 is 4.39 Å². The quantitative estimate of drug-likeness (QED) is 0.443. The van der Waals surface area contributed by atoms with Crippen LogP contribution in [-0.4, -0.2) is 26.3 Å². The molecule has 0 spiro atoms. The summed E-state index contributed by atoms with van der Waals surface area (Å²) < 4.78 is 16.8. The van der Waals surface area contributed by atoms with E-state index < -0.39 is 0 Å². The first-order chi connectivity index (χ1) is 14.2. The van der Waals surface area contributed by atoms with Gasteiger partial charge in [-0.15, -0.1) is 11.3 Å². The van der Waals surface area contributed by atoms with Gasteiger partial charge in [0.2, 0.25) is 0 Å². The predicted molar refractivity (Wildman–Crippen MR) is 115 cm³/mol. The van der Waals surface area contributed by atoms with Gasteiger partial charge in [-0.2, -0.15) is 9.49 Å². The van der Waals surface area contributed by atoms with E-state index in [1.54, 1.807) is 6.07 Å². The lowest BCUT2D eigenvalue weighted by Crippen LogP contribution is -2.28. The van der Waals surface area contributed by atoms with E-state index in [-0.39, 0.29) is 5.13 Å². The van der Waals surface area contributed by atoms with Gasteiger partial charge in [0.25, 0.3) is 0 Å². The summed E-state index contributed by atoms with van der Waals surface area (Å²) in [5, 5.41) is 10.4. The molecule has 1 aliphatic heterocycles. The van der Waals surface area contributed by atoms with E-state index in [0.717, 1.165) is 68.7 Å². The Morgan fingerprint density at radius 3 is 3.07 bits per heavy atom. The molecule has 0 atom stereocenters. The molecule has 1 aliphatic rings. The second-order valence-electron chi connectivity index (χ2n) is 7.43. The molecule has 144 valence electrons. The number of aryl methyl sites for hydroxylation is 1. The molecule has 0 unspecified atom stereocenters. The fraction of sp³-hybridized carbons (Fsp3) is 0.182. The average molecular weight is 403 g/mol. The number of hydrogen-bond donors (Lipinski definition) is 2. The number of rotatable bonds is 2. The van der Waals surface area contributed by atoms with Crippen LogP contribution in [0.1, 0.15) is 11.3 Å². The number of nitrogens with zero attached hydrogens (tertiary/aromatic N) is 3. The number of aromatic amines is 1. The third-order valence-electron chi connectivity index (χ3n) is 5.65. The molecular formula is C22H18FN5S. The van der Waals surface area contributed by atoms with Crippen molar-refractivity contribution in [3.8, 4) is 22.4 Å². The van der Waals surface area contributed by atoms with Crippen LogP contribution in [0.5, 0.6) is 0 Å². The number of nitrogens with one attached hydrogen (secondary N) is 2. The molecule has 5 nitrogen and oxygen atoms in total. The van der Waals surface area contributed by atoms with Gasteiger partial charge in [0.1, 0.15) is 11.3 Å². The van der Waals surface area contributed by atoms with E-state index in [2.05, 4.69) is 39.0 Å². The molecule has 0 fully saturated rings. The van der Waals surface area contributed by atoms with Gasteiger partial charge in [-0.3, -0.25) is 4.68 Å². The molecular weight excluding hydrogens is 385 g/mol. The minimum Gasteiger partial charge on any atom is -0.346 e. The maximum atomic E-state index is 13.7. The first-order valence-corrected chi connectivity index (χ1v) is 10.4. The number of pyridine rings is 1. The maximum Gasteiger partial charge on any atom is 0.177 e. The van der Waals surface area contributed by atoms with Crippen molar-refractivity contribution >= 4 is 32.5 Å². The summed E-state index contributed by atoms with van der Waals surface area (Å²) in [6, 6.07) is 9.73. The second kappa shape index (κ2) is 6.23. The summed E-state index contributed by atoms with van der Waals surface area (Å²) in [7, 11) is 0. The van der Waals surface area contributed by atoms with E-state index in [9.17, 15) is 4.39 Å². The highest BCUT2D eigenvalue weighted by atomic mass is 32.1. The monoisotopic (exact) mass is 403 g/mol. The van der Waals surface area contributed by atoms with Crippen LogP contribution >= 0.6 is 11.3 Å². The van der Waals surface area contributed by atoms with Crippen molar-refractivity contribution in [2.45, 2.75) is 20.0 Å². The van der Waals surface area contributed by atoms with Gasteiger partial charge in [-0.25, -0.2) is 4.98 Å². The van der Waals surface area contributed by atoms with Crippen LogP contribution in [0, 0.1) is 12.1 Å². The summed E-state index contributed by atoms with van der Waals surface area (Å²) in [6.45, 7) is 4.60. The Balaban J connectivity index is 1.66. The number of hydrogen-bond acceptors (Lipinski definition) is 4. The largest absolute Gasteiger partial charge is 0.346 e. The van der Waals surface area contributed by atoms with Crippen LogP contribution in [0.3, 0.4) is 0 Å². The second-order valence-corrected chi connectivity index (χ2v) is 8.46. The topological polar surface area (TPSA) is 58.5 Å². The van der Waals surface area contributed by atoms with E-state index in [4.69, 9.17) is 5.10 Å². The molecule has 7 heteroatoms. The number of benzene rings is 1. The molecule has 0 bridgehead atoms. The zero-order valence-electron chi connectivity index (χ0n) is 15.8. The summed E-state index contributed by atoms with van der Waals surface area (Å²) in [5.41, 5.74) is 7.42. The molecule has 4 aromatic heterocycles. The van der Waals surface area contributed by atoms with Gasteiger partial charge in [0.05, 0.1) is 12.2 Å². The van der Waals surface area contributed by atoms with Gasteiger partial charge >= 0.3 is 0 Å². The molecule has 0 aliphatic carbocycles. The number of thiophene rings is 1. The van der Waals surface area contributed by atoms with Gasteiger partial charge in [0, 0.05) is 46.7 Å². The minimum atomic E-state index is -0.163. The van der Waals surface area contributed by atoms with Crippen LogP contribution < -0.4 is 5.32 Å². The van der Waals surface area contributed by atoms with Crippen LogP contribution in [0.15, 0.2) is 42.7 Å². The van der Waals surface area contributed by atoms with E-state index in [0.29, 0.717) is 0 Å². The zero-order valence-corrected chi connectivity index (χ0v) is 16.6. The maximum absolute atomic E-state index is 13.7. The molecule has 0 amide bonds. The number of aromatic nitrogens is 4. The van der Waals surface area contributed by atoms with Crippen LogP contribution in [0.4, 0.5) is 4.39 Å². The Hall–Kier alpha value is -3.03. The minimum absolute atomic E-state index is 0.163. The molecule has 6 rings (SSSR count). The lowest BCUT2D eigenvalue weighted by molar-refractivity contribution is 0.477. The highest BCUT2D eigenvalue weighted by molar-refractivity contribution is 7.17. The Kier molecular flexibility index (Phi) is 3.63. The Morgan fingerprint density at radius 2 is 2.14 bits per heavy atom. The molecule has 0 saturated heterocycles. The molecule has 29 heavy (non-hydrogen) atoms. The van der Waals surface area contributed by atoms with E-state index in [1.165, 1.54) is 17.0 Å². The lowest BCUT2D eigenvalue weighted by Gasteiger charge is -2.16. The Bertz CT molecular complexity index is 1390. The number of halogens is 1. The van der Waals surface area contributed by atoms with E-state index in [1.807, 2.05) is 24.5 Å². The van der Waals surface area contributed by atoms with Gasteiger partial charge in [-0.05, 0) is 41.6 Å². The highest BCUT2D eigenvalue weighted by Gasteiger charge is 2.25. The smallest absolute Gasteiger partial charge is 0.177 e. The number of H-pyrrole nitrogens is 1. The molecule has 2 N–H and O–H groups in total. The Morgan fingerprint density at radius 1 is 1.21 bits per heavy atom. The lowest BCUT2D eigenvalue weighted by atomic mass is 9.95. The third-order valence-corrected chi connectivity index (χ3v) is 6.54. The van der Waals surface area contributed by atoms with Crippen molar-refractivity contribution in [3.05, 3.63) is 59.1 Å². The molecule has 5 heterocycles. The highest BCUT2D eigenvalue weighted by Crippen LogP contribution is 2.40. The molecule has 5 aromatic rings. The summed E-state index contributed by atoms with van der Waals surface area (Å²) >= 11 is 1.18. The summed E-state index contributed by atoms with van der Waals surface area (Å²) in [6.07, 6.45) is 3.84. The van der Waals surface area contributed by atoms with Crippen LogP contribution in [0.25, 0.3) is 43.5 Å². The first kappa shape index (κ1) is 16.9. The molecule has 0 radical (unpaired) electrons. The first-order valence-electron chi connectivity index (χ1n) is 9.62. The van der Waals surface area contributed by atoms with E-state index >= 15 is 0 Å². The fourth-order valence-corrected chi connectivity index (χ4v) is 5.14. The SMILES string of the molecule is Cc1c[nH]c2nccc(-c3c(-c4ccc5cc(F)sc5c4)nn4c3CNCC4)c12. The van der Waals surface area contributed by atoms with Gasteiger partial charge < -0.3 is 10.3 Å². The standard InChI is InChI=1S/C22H18FN5S/c1-12-10-26-22-19(12)15(4-5-25-22)20-16-11-24-6-7-28(16)27-21(20)14-3-2-13-9-18(23)29-17(13)8-14/h2-5,8-10,24H,6-7,11H2,1H3,(H,25,26). The van der Waals surface area contributed by atoms with Crippen LogP contribution in [0.2, 0.25) is 0 Å². The predicted octanol–water partition coefficient (Wildman–Crippen LogP) is 4.86.